The van der Waals surface area contributed by atoms with Crippen molar-refractivity contribution in [2.45, 2.75) is 51.6 Å². The molecule has 0 aliphatic heterocycles. The van der Waals surface area contributed by atoms with E-state index in [1.165, 1.54) is 32.1 Å². The van der Waals surface area contributed by atoms with Crippen LogP contribution in [0.1, 0.15) is 44.9 Å². The minimum absolute atomic E-state index is 0.500. The summed E-state index contributed by atoms with van der Waals surface area (Å²) in [5, 5.41) is 8.99. The maximum atomic E-state index is 6.18. The second-order valence-electron chi connectivity index (χ2n) is 5.84. The van der Waals surface area contributed by atoms with Gasteiger partial charge >= 0.3 is 0 Å². The summed E-state index contributed by atoms with van der Waals surface area (Å²) in [6, 6.07) is 8.20. The second kappa shape index (κ2) is 7.25. The Labute approximate surface area is 136 Å². The van der Waals surface area contributed by atoms with Gasteiger partial charge < -0.3 is 4.42 Å². The predicted molar refractivity (Wildman–Crippen MR) is 87.7 cm³/mol. The molecule has 0 spiro atoms. The van der Waals surface area contributed by atoms with E-state index in [1.54, 1.807) is 0 Å². The Morgan fingerprint density at radius 2 is 1.95 bits per heavy atom. The lowest BCUT2D eigenvalue weighted by molar-refractivity contribution is 0.143. The molecule has 1 saturated carbocycles. The molecule has 4 nitrogen and oxygen atoms in total. The van der Waals surface area contributed by atoms with Gasteiger partial charge in [0.05, 0.1) is 17.1 Å². The number of benzene rings is 1. The summed E-state index contributed by atoms with van der Waals surface area (Å²) < 4.78 is 5.83. The Balaban J connectivity index is 1.72. The lowest BCUT2D eigenvalue weighted by Crippen LogP contribution is -2.36. The number of nitrogens with zero attached hydrogens (tertiary/aromatic N) is 3. The first-order valence-electron chi connectivity index (χ1n) is 8.09. The van der Waals surface area contributed by atoms with Gasteiger partial charge in [0.1, 0.15) is 0 Å². The molecular weight excluding hydrogens is 298 g/mol. The first-order valence-corrected chi connectivity index (χ1v) is 8.47. The van der Waals surface area contributed by atoms with Crippen molar-refractivity contribution in [3.63, 3.8) is 0 Å². The van der Waals surface area contributed by atoms with Gasteiger partial charge in [0, 0.05) is 6.04 Å². The zero-order valence-corrected chi connectivity index (χ0v) is 13.7. The standard InChI is InChI=1S/C17H22ClN3O/c1-2-21(13-8-4-3-5-9-13)12-16-19-20-17(22-16)14-10-6-7-11-15(14)18/h6-7,10-11,13H,2-5,8-9,12H2,1H3. The zero-order chi connectivity index (χ0) is 15.4. The Morgan fingerprint density at radius 1 is 1.18 bits per heavy atom. The van der Waals surface area contributed by atoms with Crippen molar-refractivity contribution in [3.05, 3.63) is 35.2 Å². The van der Waals surface area contributed by atoms with Crippen molar-refractivity contribution in [2.75, 3.05) is 6.54 Å². The quantitative estimate of drug-likeness (QED) is 0.811. The lowest BCUT2D eigenvalue weighted by atomic mass is 9.94. The highest BCUT2D eigenvalue weighted by molar-refractivity contribution is 6.33. The predicted octanol–water partition coefficient (Wildman–Crippen LogP) is 4.54. The molecule has 2 aromatic rings. The molecule has 0 amide bonds. The van der Waals surface area contributed by atoms with Crippen LogP contribution in [-0.2, 0) is 6.54 Å². The zero-order valence-electron chi connectivity index (χ0n) is 13.0. The Hall–Kier alpha value is -1.39. The van der Waals surface area contributed by atoms with E-state index in [0.29, 0.717) is 22.8 Å². The van der Waals surface area contributed by atoms with Crippen LogP contribution < -0.4 is 0 Å². The molecule has 5 heteroatoms. The SMILES string of the molecule is CCN(Cc1nnc(-c2ccccc2Cl)o1)C1CCCCC1. The van der Waals surface area contributed by atoms with E-state index in [4.69, 9.17) is 16.0 Å². The molecule has 1 heterocycles. The summed E-state index contributed by atoms with van der Waals surface area (Å²) in [6.45, 7) is 3.92. The summed E-state index contributed by atoms with van der Waals surface area (Å²) in [4.78, 5) is 2.45. The van der Waals surface area contributed by atoms with Gasteiger partial charge in [-0.3, -0.25) is 4.90 Å². The van der Waals surface area contributed by atoms with E-state index in [0.717, 1.165) is 18.7 Å². The minimum Gasteiger partial charge on any atom is -0.419 e. The molecule has 0 N–H and O–H groups in total. The largest absolute Gasteiger partial charge is 0.419 e. The van der Waals surface area contributed by atoms with Crippen molar-refractivity contribution in [3.8, 4) is 11.5 Å². The highest BCUT2D eigenvalue weighted by atomic mass is 35.5. The first kappa shape index (κ1) is 15.5. The molecule has 118 valence electrons. The molecule has 3 rings (SSSR count). The number of hydrogen-bond donors (Lipinski definition) is 0. The molecule has 1 aliphatic carbocycles. The van der Waals surface area contributed by atoms with Gasteiger partial charge in [-0.2, -0.15) is 0 Å². The Morgan fingerprint density at radius 3 is 2.68 bits per heavy atom. The molecule has 1 aromatic carbocycles. The number of hydrogen-bond acceptors (Lipinski definition) is 4. The van der Waals surface area contributed by atoms with Gasteiger partial charge in [-0.05, 0) is 31.5 Å². The van der Waals surface area contributed by atoms with Crippen LogP contribution in [0.25, 0.3) is 11.5 Å². The van der Waals surface area contributed by atoms with Gasteiger partial charge in [-0.1, -0.05) is 49.9 Å². The van der Waals surface area contributed by atoms with Crippen LogP contribution in [-0.4, -0.2) is 27.7 Å². The van der Waals surface area contributed by atoms with Crippen molar-refractivity contribution >= 4 is 11.6 Å². The van der Waals surface area contributed by atoms with Crippen LogP contribution in [0.2, 0.25) is 5.02 Å². The number of rotatable bonds is 5. The molecule has 0 bridgehead atoms. The van der Waals surface area contributed by atoms with Crippen LogP contribution >= 0.6 is 11.6 Å². The third kappa shape index (κ3) is 3.50. The molecular formula is C17H22ClN3O. The van der Waals surface area contributed by atoms with Gasteiger partial charge in [-0.25, -0.2) is 0 Å². The van der Waals surface area contributed by atoms with Crippen LogP contribution in [0.3, 0.4) is 0 Å². The maximum absolute atomic E-state index is 6.18. The summed E-state index contributed by atoms with van der Waals surface area (Å²) in [5.74, 6) is 1.17. The fourth-order valence-corrected chi connectivity index (χ4v) is 3.40. The molecule has 0 radical (unpaired) electrons. The summed E-state index contributed by atoms with van der Waals surface area (Å²) in [5.41, 5.74) is 0.795. The molecule has 1 aliphatic rings. The third-order valence-corrected chi connectivity index (χ3v) is 4.74. The average molecular weight is 320 g/mol. The van der Waals surface area contributed by atoms with Crippen molar-refractivity contribution in [1.82, 2.24) is 15.1 Å². The number of aromatic nitrogens is 2. The van der Waals surface area contributed by atoms with Crippen molar-refractivity contribution in [1.29, 1.82) is 0 Å². The van der Waals surface area contributed by atoms with Gasteiger partial charge in [0.25, 0.3) is 0 Å². The maximum Gasteiger partial charge on any atom is 0.249 e. The summed E-state index contributed by atoms with van der Waals surface area (Å²) in [7, 11) is 0. The van der Waals surface area contributed by atoms with Gasteiger partial charge in [0.2, 0.25) is 11.8 Å². The molecule has 0 unspecified atom stereocenters. The van der Waals surface area contributed by atoms with E-state index in [1.807, 2.05) is 24.3 Å². The molecule has 0 atom stereocenters. The van der Waals surface area contributed by atoms with E-state index >= 15 is 0 Å². The molecule has 22 heavy (non-hydrogen) atoms. The summed E-state index contributed by atoms with van der Waals surface area (Å²) in [6.07, 6.45) is 6.58. The second-order valence-corrected chi connectivity index (χ2v) is 6.24. The van der Waals surface area contributed by atoms with E-state index in [2.05, 4.69) is 22.0 Å². The molecule has 1 aromatic heterocycles. The third-order valence-electron chi connectivity index (χ3n) is 4.41. The summed E-state index contributed by atoms with van der Waals surface area (Å²) >= 11 is 6.18. The van der Waals surface area contributed by atoms with E-state index in [-0.39, 0.29) is 0 Å². The van der Waals surface area contributed by atoms with Crippen LogP contribution in [0.15, 0.2) is 28.7 Å². The fraction of sp³-hybridized carbons (Fsp3) is 0.529. The minimum atomic E-state index is 0.500. The highest BCUT2D eigenvalue weighted by Crippen LogP contribution is 2.27. The van der Waals surface area contributed by atoms with Crippen LogP contribution in [0.4, 0.5) is 0 Å². The average Bonchev–Trinajstić information content (AvgIpc) is 3.02. The molecule has 0 saturated heterocycles. The lowest BCUT2D eigenvalue weighted by Gasteiger charge is -2.32. The van der Waals surface area contributed by atoms with Crippen LogP contribution in [0.5, 0.6) is 0 Å². The smallest absolute Gasteiger partial charge is 0.249 e. The van der Waals surface area contributed by atoms with E-state index < -0.39 is 0 Å². The Bertz CT molecular complexity index is 607. The number of halogens is 1. The Kier molecular flexibility index (Phi) is 5.11. The molecule has 1 fully saturated rings. The first-order chi connectivity index (χ1) is 10.8. The topological polar surface area (TPSA) is 42.2 Å². The monoisotopic (exact) mass is 319 g/mol. The van der Waals surface area contributed by atoms with Crippen molar-refractivity contribution < 1.29 is 4.42 Å². The van der Waals surface area contributed by atoms with Gasteiger partial charge in [-0.15, -0.1) is 10.2 Å². The van der Waals surface area contributed by atoms with Crippen LogP contribution in [0, 0.1) is 0 Å². The van der Waals surface area contributed by atoms with Gasteiger partial charge in [0.15, 0.2) is 0 Å². The van der Waals surface area contributed by atoms with Crippen molar-refractivity contribution in [2.24, 2.45) is 0 Å². The fourth-order valence-electron chi connectivity index (χ4n) is 3.18. The highest BCUT2D eigenvalue weighted by Gasteiger charge is 2.22. The normalized spacial score (nSPS) is 16.3. The van der Waals surface area contributed by atoms with E-state index in [9.17, 15) is 0 Å².